The molecule has 26 heavy (non-hydrogen) atoms. The molecule has 0 saturated carbocycles. The summed E-state index contributed by atoms with van der Waals surface area (Å²) in [5, 5.41) is 2.64. The van der Waals surface area contributed by atoms with E-state index in [1.807, 2.05) is 51.1 Å². The van der Waals surface area contributed by atoms with Crippen molar-refractivity contribution in [2.45, 2.75) is 51.5 Å². The van der Waals surface area contributed by atoms with Crippen LogP contribution < -0.4 is 5.32 Å². The Hall–Kier alpha value is -1.21. The zero-order valence-corrected chi connectivity index (χ0v) is 17.2. The van der Waals surface area contributed by atoms with Gasteiger partial charge < -0.3 is 24.3 Å². The fraction of sp³-hybridized carbons (Fsp3) is 0.533. The van der Waals surface area contributed by atoms with Crippen LogP contribution >= 0.6 is 15.2 Å². The molecule has 0 bridgehead atoms. The summed E-state index contributed by atoms with van der Waals surface area (Å²) in [4.78, 5) is 43.8. The van der Waals surface area contributed by atoms with Gasteiger partial charge in [0.2, 0.25) is 0 Å². The van der Waals surface area contributed by atoms with Crippen LogP contribution in [0.25, 0.3) is 0 Å². The first-order valence-corrected chi connectivity index (χ1v) is 10.9. The summed E-state index contributed by atoms with van der Waals surface area (Å²) in [6.07, 6.45) is -0.703. The van der Waals surface area contributed by atoms with E-state index in [0.29, 0.717) is 0 Å². The summed E-state index contributed by atoms with van der Waals surface area (Å²) in [5.41, 5.74) is 0.278. The molecule has 5 N–H and O–H groups in total. The molecule has 0 aromatic heterocycles. The van der Waals surface area contributed by atoms with E-state index in [0.717, 1.165) is 12.6 Å². The Morgan fingerprint density at radius 1 is 1.00 bits per heavy atom. The minimum atomic E-state index is -4.77. The lowest BCUT2D eigenvalue weighted by molar-refractivity contribution is 0.0636. The molecule has 0 fully saturated rings. The lowest BCUT2D eigenvalue weighted by atomic mass is 10.2. The molecule has 0 aliphatic carbocycles. The average molecular weight is 411 g/mol. The molecule has 0 spiro atoms. The molecule has 1 aromatic carbocycles. The lowest BCUT2D eigenvalue weighted by Crippen LogP contribution is -2.27. The van der Waals surface area contributed by atoms with Crippen molar-refractivity contribution in [1.29, 1.82) is 0 Å². The molecular formula is C15H27NO8P2. The highest BCUT2D eigenvalue weighted by atomic mass is 31.2. The number of nitrogens with one attached hydrogen (secondary N) is 1. The number of carbonyl (C=O) groups is 1. The predicted octanol–water partition coefficient (Wildman–Crippen LogP) is 3.50. The van der Waals surface area contributed by atoms with E-state index in [2.05, 4.69) is 5.32 Å². The number of hydrogen-bond donors (Lipinski definition) is 5. The van der Waals surface area contributed by atoms with Gasteiger partial charge in [-0.1, -0.05) is 25.1 Å². The van der Waals surface area contributed by atoms with Crippen LogP contribution in [0.4, 0.5) is 10.5 Å². The molecule has 11 heteroatoms. The van der Waals surface area contributed by atoms with E-state index in [1.165, 1.54) is 6.92 Å². The first kappa shape index (κ1) is 24.8. The monoisotopic (exact) mass is 411 g/mol. The largest absolute Gasteiger partial charge is 0.444 e. The van der Waals surface area contributed by atoms with E-state index < -0.39 is 31.8 Å². The smallest absolute Gasteiger partial charge is 0.412 e. The fourth-order valence-electron chi connectivity index (χ4n) is 1.52. The van der Waals surface area contributed by atoms with E-state index in [1.54, 1.807) is 0 Å². The van der Waals surface area contributed by atoms with E-state index in [4.69, 9.17) is 24.3 Å². The molecule has 150 valence electrons. The molecule has 1 aromatic rings. The van der Waals surface area contributed by atoms with Gasteiger partial charge in [0.05, 0.1) is 0 Å². The summed E-state index contributed by atoms with van der Waals surface area (Å²) in [6.45, 7) is 7.69. The third-order valence-electron chi connectivity index (χ3n) is 3.34. The van der Waals surface area contributed by atoms with Crippen LogP contribution in [0.15, 0.2) is 30.3 Å². The second kappa shape index (κ2) is 9.13. The standard InChI is InChI=1S/C11H15NO2.C4H12O6P2/c1-11(2,3)14-10(13)12-9-7-5-4-6-8-9;1-3-4(2,11(5,6)7)12(8,9)10/h4-8H,1-3H3,(H,12,13);3H2,1-2H3,(H2,5,6,7)(H2,8,9,10). The van der Waals surface area contributed by atoms with Crippen LogP contribution in [-0.2, 0) is 13.9 Å². The predicted molar refractivity (Wildman–Crippen MR) is 99.1 cm³/mol. The van der Waals surface area contributed by atoms with Crippen LogP contribution in [0.2, 0.25) is 0 Å². The minimum Gasteiger partial charge on any atom is -0.444 e. The number of ether oxygens (including phenoxy) is 1. The molecule has 0 aliphatic rings. The molecule has 0 unspecified atom stereocenters. The lowest BCUT2D eigenvalue weighted by Gasteiger charge is -2.29. The van der Waals surface area contributed by atoms with Gasteiger partial charge in [0.15, 0.2) is 4.90 Å². The number of hydrogen-bond acceptors (Lipinski definition) is 4. The van der Waals surface area contributed by atoms with Crippen molar-refractivity contribution in [3.05, 3.63) is 30.3 Å². The fourth-order valence-corrected chi connectivity index (χ4v) is 3.71. The number of para-hydroxylation sites is 1. The summed E-state index contributed by atoms with van der Waals surface area (Å²) in [5.74, 6) is 0. The van der Waals surface area contributed by atoms with Gasteiger partial charge >= 0.3 is 21.3 Å². The van der Waals surface area contributed by atoms with Crippen molar-refractivity contribution in [2.75, 3.05) is 5.32 Å². The van der Waals surface area contributed by atoms with Gasteiger partial charge in [-0.3, -0.25) is 14.4 Å². The zero-order chi connectivity index (χ0) is 20.8. The van der Waals surface area contributed by atoms with Crippen molar-refractivity contribution in [3.8, 4) is 0 Å². The summed E-state index contributed by atoms with van der Waals surface area (Å²) >= 11 is 0. The Bertz CT molecular complexity index is 653. The zero-order valence-electron chi connectivity index (χ0n) is 15.4. The quantitative estimate of drug-likeness (QED) is 0.472. The molecule has 9 nitrogen and oxygen atoms in total. The van der Waals surface area contributed by atoms with E-state index in [-0.39, 0.29) is 6.42 Å². The third kappa shape index (κ3) is 7.99. The first-order valence-electron chi connectivity index (χ1n) is 7.70. The van der Waals surface area contributed by atoms with Gasteiger partial charge in [0.1, 0.15) is 5.60 Å². The molecule has 0 atom stereocenters. The van der Waals surface area contributed by atoms with Gasteiger partial charge in [0.25, 0.3) is 0 Å². The molecule has 1 amide bonds. The van der Waals surface area contributed by atoms with Crippen molar-refractivity contribution in [2.24, 2.45) is 0 Å². The maximum absolute atomic E-state index is 11.3. The van der Waals surface area contributed by atoms with Crippen LogP contribution in [0.3, 0.4) is 0 Å². The Kier molecular flexibility index (Phi) is 8.70. The Morgan fingerprint density at radius 2 is 1.42 bits per heavy atom. The Balaban J connectivity index is 0.000000488. The van der Waals surface area contributed by atoms with Crippen LogP contribution in [0.5, 0.6) is 0 Å². The van der Waals surface area contributed by atoms with Gasteiger partial charge in [-0.05, 0) is 46.2 Å². The molecule has 0 aliphatic heterocycles. The Labute approximate surface area is 153 Å². The van der Waals surface area contributed by atoms with Gasteiger partial charge in [-0.15, -0.1) is 0 Å². The van der Waals surface area contributed by atoms with Crippen molar-refractivity contribution < 1.29 is 38.2 Å². The topological polar surface area (TPSA) is 153 Å². The second-order valence-electron chi connectivity index (χ2n) is 6.65. The summed E-state index contributed by atoms with van der Waals surface area (Å²) in [6, 6.07) is 9.22. The van der Waals surface area contributed by atoms with E-state index >= 15 is 0 Å². The third-order valence-corrected chi connectivity index (χ3v) is 8.05. The van der Waals surface area contributed by atoms with Gasteiger partial charge in [0, 0.05) is 5.69 Å². The number of amides is 1. The van der Waals surface area contributed by atoms with Crippen LogP contribution in [0, 0.1) is 0 Å². The molecule has 0 heterocycles. The van der Waals surface area contributed by atoms with Crippen molar-refractivity contribution in [3.63, 3.8) is 0 Å². The number of carbonyl (C=O) groups excluding carboxylic acids is 1. The maximum atomic E-state index is 11.3. The highest BCUT2D eigenvalue weighted by Crippen LogP contribution is 2.70. The van der Waals surface area contributed by atoms with Crippen molar-refractivity contribution >= 4 is 27.0 Å². The summed E-state index contributed by atoms with van der Waals surface area (Å²) < 4.78 is 26.6. The summed E-state index contributed by atoms with van der Waals surface area (Å²) in [7, 11) is -9.54. The highest BCUT2D eigenvalue weighted by molar-refractivity contribution is 7.72. The van der Waals surface area contributed by atoms with Gasteiger partial charge in [-0.25, -0.2) is 4.79 Å². The Morgan fingerprint density at radius 3 is 1.69 bits per heavy atom. The number of rotatable bonds is 4. The van der Waals surface area contributed by atoms with Crippen LogP contribution in [0.1, 0.15) is 41.0 Å². The van der Waals surface area contributed by atoms with E-state index in [9.17, 15) is 13.9 Å². The van der Waals surface area contributed by atoms with Crippen LogP contribution in [-0.4, -0.2) is 36.2 Å². The molecule has 1 rings (SSSR count). The molecule has 0 saturated heterocycles. The minimum absolute atomic E-state index is 0.276. The highest BCUT2D eigenvalue weighted by Gasteiger charge is 2.54. The van der Waals surface area contributed by atoms with Gasteiger partial charge in [-0.2, -0.15) is 0 Å². The SMILES string of the molecule is CC(C)(C)OC(=O)Nc1ccccc1.CCC(C)(P(=O)(O)O)P(=O)(O)O. The normalized spacial score (nSPS) is 12.7. The molecule has 0 radical (unpaired) electrons. The van der Waals surface area contributed by atoms with Crippen molar-refractivity contribution in [1.82, 2.24) is 0 Å². The second-order valence-corrected chi connectivity index (χ2v) is 11.2. The first-order chi connectivity index (χ1) is 11.5. The number of anilines is 1. The average Bonchev–Trinajstić information content (AvgIpc) is 2.43. The maximum Gasteiger partial charge on any atom is 0.412 e. The molecular weight excluding hydrogens is 384 g/mol. The number of benzene rings is 1.